The summed E-state index contributed by atoms with van der Waals surface area (Å²) in [5.41, 5.74) is -0.451. The molecule has 0 saturated carbocycles. The third-order valence-corrected chi connectivity index (χ3v) is 2.76. The van der Waals surface area contributed by atoms with E-state index in [1.165, 1.54) is 12.1 Å². The zero-order valence-corrected chi connectivity index (χ0v) is 10.3. The van der Waals surface area contributed by atoms with Crippen LogP contribution < -0.4 is 5.32 Å². The zero-order valence-electron chi connectivity index (χ0n) is 10.3. The van der Waals surface area contributed by atoms with Gasteiger partial charge in [-0.3, -0.25) is 4.79 Å². The minimum absolute atomic E-state index is 0.139. The first-order valence-electron chi connectivity index (χ1n) is 5.78. The van der Waals surface area contributed by atoms with Gasteiger partial charge < -0.3 is 5.32 Å². The van der Waals surface area contributed by atoms with E-state index in [4.69, 9.17) is 0 Å². The maximum absolute atomic E-state index is 12.3. The van der Waals surface area contributed by atoms with Crippen LogP contribution in [-0.4, -0.2) is 18.4 Å². The monoisotopic (exact) mass is 259 g/mol. The molecule has 1 N–H and O–H groups in total. The number of carbonyl (C=O) groups excluding carboxylic acids is 1. The van der Waals surface area contributed by atoms with Crippen LogP contribution in [0.5, 0.6) is 0 Å². The molecule has 0 fully saturated rings. The Bertz CT molecular complexity index is 398. The number of ketones is 1. The predicted molar refractivity (Wildman–Crippen MR) is 63.5 cm³/mol. The van der Waals surface area contributed by atoms with Gasteiger partial charge in [-0.1, -0.05) is 19.1 Å². The topological polar surface area (TPSA) is 29.1 Å². The Morgan fingerprint density at radius 1 is 1.28 bits per heavy atom. The van der Waals surface area contributed by atoms with Gasteiger partial charge in [-0.2, -0.15) is 13.2 Å². The Balaban J connectivity index is 2.65. The predicted octanol–water partition coefficient (Wildman–Crippen LogP) is 3.28. The highest BCUT2D eigenvalue weighted by Gasteiger charge is 2.30. The molecule has 0 aliphatic rings. The molecule has 0 aliphatic heterocycles. The first-order valence-corrected chi connectivity index (χ1v) is 5.78. The van der Waals surface area contributed by atoms with Gasteiger partial charge in [0.25, 0.3) is 0 Å². The molecule has 1 aromatic carbocycles. The van der Waals surface area contributed by atoms with Crippen LogP contribution in [-0.2, 0) is 6.18 Å². The van der Waals surface area contributed by atoms with Gasteiger partial charge in [-0.25, -0.2) is 0 Å². The van der Waals surface area contributed by atoms with Crippen molar-refractivity contribution >= 4 is 5.78 Å². The lowest BCUT2D eigenvalue weighted by molar-refractivity contribution is -0.137. The van der Waals surface area contributed by atoms with Crippen molar-refractivity contribution in [2.24, 2.45) is 0 Å². The largest absolute Gasteiger partial charge is 0.416 e. The SMILES string of the molecule is CCC(C)NCC(=O)c1ccc(C(F)(F)F)cc1. The first-order chi connectivity index (χ1) is 8.34. The smallest absolute Gasteiger partial charge is 0.307 e. The van der Waals surface area contributed by atoms with Gasteiger partial charge >= 0.3 is 6.18 Å². The second-order valence-electron chi connectivity index (χ2n) is 4.19. The Morgan fingerprint density at radius 3 is 2.28 bits per heavy atom. The molecule has 5 heteroatoms. The summed E-state index contributed by atoms with van der Waals surface area (Å²) < 4.78 is 37.0. The summed E-state index contributed by atoms with van der Waals surface area (Å²) in [6.07, 6.45) is -3.48. The summed E-state index contributed by atoms with van der Waals surface area (Å²) in [6, 6.07) is 4.49. The van der Waals surface area contributed by atoms with Gasteiger partial charge in [0.15, 0.2) is 5.78 Å². The van der Waals surface area contributed by atoms with E-state index < -0.39 is 11.7 Å². The second kappa shape index (κ2) is 6.00. The summed E-state index contributed by atoms with van der Waals surface area (Å²) in [4.78, 5) is 11.7. The van der Waals surface area contributed by atoms with Gasteiger partial charge in [-0.15, -0.1) is 0 Å². The number of rotatable bonds is 5. The molecule has 0 aromatic heterocycles. The van der Waals surface area contributed by atoms with Gasteiger partial charge in [0, 0.05) is 11.6 Å². The van der Waals surface area contributed by atoms with Crippen molar-refractivity contribution in [2.45, 2.75) is 32.5 Å². The number of halogens is 3. The number of nitrogens with one attached hydrogen (secondary N) is 1. The van der Waals surface area contributed by atoms with Crippen LogP contribution in [0.15, 0.2) is 24.3 Å². The van der Waals surface area contributed by atoms with Crippen LogP contribution >= 0.6 is 0 Å². The number of carbonyl (C=O) groups is 1. The molecule has 0 spiro atoms. The molecule has 0 saturated heterocycles. The minimum Gasteiger partial charge on any atom is -0.307 e. The minimum atomic E-state index is -4.36. The fourth-order valence-electron chi connectivity index (χ4n) is 1.36. The van der Waals surface area contributed by atoms with Crippen LogP contribution in [0.4, 0.5) is 13.2 Å². The summed E-state index contributed by atoms with van der Waals surface area (Å²) in [5.74, 6) is -0.205. The Morgan fingerprint density at radius 2 is 1.83 bits per heavy atom. The molecular weight excluding hydrogens is 243 g/mol. The molecule has 0 heterocycles. The van der Waals surface area contributed by atoms with Crippen LogP contribution in [0.25, 0.3) is 0 Å². The highest BCUT2D eigenvalue weighted by atomic mass is 19.4. The second-order valence-corrected chi connectivity index (χ2v) is 4.19. The lowest BCUT2D eigenvalue weighted by Gasteiger charge is -2.11. The van der Waals surface area contributed by atoms with Gasteiger partial charge in [0.1, 0.15) is 0 Å². The molecule has 1 unspecified atom stereocenters. The highest BCUT2D eigenvalue weighted by molar-refractivity contribution is 5.97. The van der Waals surface area contributed by atoms with Gasteiger partial charge in [0.2, 0.25) is 0 Å². The standard InChI is InChI=1S/C13H16F3NO/c1-3-9(2)17-8-12(18)10-4-6-11(7-5-10)13(14,15)16/h4-7,9,17H,3,8H2,1-2H3. The van der Waals surface area contributed by atoms with Crippen LogP contribution in [0.3, 0.4) is 0 Å². The Labute approximate surface area is 104 Å². The fraction of sp³-hybridized carbons (Fsp3) is 0.462. The zero-order chi connectivity index (χ0) is 13.8. The lowest BCUT2D eigenvalue weighted by atomic mass is 10.1. The van der Waals surface area contributed by atoms with Gasteiger partial charge in [-0.05, 0) is 25.5 Å². The summed E-state index contributed by atoms with van der Waals surface area (Å²) >= 11 is 0. The number of benzene rings is 1. The number of alkyl halides is 3. The van der Waals surface area contributed by atoms with Crippen LogP contribution in [0.2, 0.25) is 0 Å². The lowest BCUT2D eigenvalue weighted by Crippen LogP contribution is -2.30. The third kappa shape index (κ3) is 4.14. The molecule has 0 amide bonds. The van der Waals surface area contributed by atoms with Crippen molar-refractivity contribution in [3.8, 4) is 0 Å². The molecule has 18 heavy (non-hydrogen) atoms. The molecule has 0 bridgehead atoms. The molecule has 0 radical (unpaired) electrons. The van der Waals surface area contributed by atoms with Crippen LogP contribution in [0.1, 0.15) is 36.2 Å². The Hall–Kier alpha value is -1.36. The van der Waals surface area contributed by atoms with Crippen molar-refractivity contribution in [2.75, 3.05) is 6.54 Å². The quantitative estimate of drug-likeness (QED) is 0.822. The number of Topliss-reactive ketones (excluding diaryl/α,β-unsaturated/α-hetero) is 1. The molecule has 2 nitrogen and oxygen atoms in total. The molecule has 1 atom stereocenters. The average molecular weight is 259 g/mol. The average Bonchev–Trinajstić information content (AvgIpc) is 2.34. The van der Waals surface area contributed by atoms with E-state index in [0.29, 0.717) is 5.56 Å². The normalized spacial score (nSPS) is 13.4. The van der Waals surface area contributed by atoms with E-state index in [1.54, 1.807) is 0 Å². The van der Waals surface area contributed by atoms with Crippen LogP contribution in [0, 0.1) is 0 Å². The van der Waals surface area contributed by atoms with E-state index in [0.717, 1.165) is 18.6 Å². The fourth-order valence-corrected chi connectivity index (χ4v) is 1.36. The molecule has 1 rings (SSSR count). The number of hydrogen-bond acceptors (Lipinski definition) is 2. The maximum Gasteiger partial charge on any atom is 0.416 e. The summed E-state index contributed by atoms with van der Waals surface area (Å²) in [5, 5.41) is 3.00. The van der Waals surface area contributed by atoms with E-state index in [2.05, 4.69) is 5.32 Å². The van der Waals surface area contributed by atoms with Crippen molar-refractivity contribution < 1.29 is 18.0 Å². The van der Waals surface area contributed by atoms with Crippen molar-refractivity contribution in [3.05, 3.63) is 35.4 Å². The third-order valence-electron chi connectivity index (χ3n) is 2.76. The first kappa shape index (κ1) is 14.7. The van der Waals surface area contributed by atoms with Crippen molar-refractivity contribution in [1.29, 1.82) is 0 Å². The maximum atomic E-state index is 12.3. The number of hydrogen-bond donors (Lipinski definition) is 1. The van der Waals surface area contributed by atoms with E-state index in [1.807, 2.05) is 13.8 Å². The van der Waals surface area contributed by atoms with E-state index in [-0.39, 0.29) is 18.4 Å². The molecule has 1 aromatic rings. The van der Waals surface area contributed by atoms with Crippen molar-refractivity contribution in [3.63, 3.8) is 0 Å². The van der Waals surface area contributed by atoms with E-state index in [9.17, 15) is 18.0 Å². The van der Waals surface area contributed by atoms with Gasteiger partial charge in [0.05, 0.1) is 12.1 Å². The Kier molecular flexibility index (Phi) is 4.90. The molecule has 0 aliphatic carbocycles. The summed E-state index contributed by atoms with van der Waals surface area (Å²) in [6.45, 7) is 4.07. The summed E-state index contributed by atoms with van der Waals surface area (Å²) in [7, 11) is 0. The van der Waals surface area contributed by atoms with E-state index >= 15 is 0 Å². The van der Waals surface area contributed by atoms with Crippen molar-refractivity contribution in [1.82, 2.24) is 5.32 Å². The highest BCUT2D eigenvalue weighted by Crippen LogP contribution is 2.29. The molecule has 100 valence electrons. The molecular formula is C13H16F3NO.